The predicted molar refractivity (Wildman–Crippen MR) is 79.0 cm³/mol. The van der Waals surface area contributed by atoms with Crippen molar-refractivity contribution >= 4 is 11.4 Å². The molecule has 1 fully saturated rings. The standard InChI is InChI=1S/C15H22N2O3/c1-3-15(4-2)11-13(8-9-20-15)16-12-6-5-7-14(10-12)17(18)19/h5-7,10,13,16H,3-4,8-9,11H2,1-2H3. The Balaban J connectivity index is 2.06. The highest BCUT2D eigenvalue weighted by molar-refractivity contribution is 5.51. The second-order valence-electron chi connectivity index (χ2n) is 5.38. The van der Waals surface area contributed by atoms with Gasteiger partial charge < -0.3 is 10.1 Å². The van der Waals surface area contributed by atoms with Crippen molar-refractivity contribution in [3.63, 3.8) is 0 Å². The zero-order valence-corrected chi connectivity index (χ0v) is 12.1. The van der Waals surface area contributed by atoms with Gasteiger partial charge in [-0.1, -0.05) is 19.9 Å². The number of nitrogens with one attached hydrogen (secondary N) is 1. The number of non-ortho nitro benzene ring substituents is 1. The van der Waals surface area contributed by atoms with Crippen molar-refractivity contribution in [1.29, 1.82) is 0 Å². The summed E-state index contributed by atoms with van der Waals surface area (Å²) < 4.78 is 5.95. The molecule has 0 amide bonds. The van der Waals surface area contributed by atoms with Gasteiger partial charge in [0.1, 0.15) is 0 Å². The Bertz CT molecular complexity index is 472. The van der Waals surface area contributed by atoms with Crippen LogP contribution in [0.25, 0.3) is 0 Å². The molecule has 1 aromatic rings. The van der Waals surface area contributed by atoms with Crippen LogP contribution >= 0.6 is 0 Å². The van der Waals surface area contributed by atoms with Crippen LogP contribution in [0.4, 0.5) is 11.4 Å². The average molecular weight is 278 g/mol. The van der Waals surface area contributed by atoms with Crippen molar-refractivity contribution in [3.8, 4) is 0 Å². The molecule has 0 aliphatic carbocycles. The van der Waals surface area contributed by atoms with Gasteiger partial charge in [-0.25, -0.2) is 0 Å². The molecule has 5 heteroatoms. The lowest BCUT2D eigenvalue weighted by Crippen LogP contribution is -2.43. The van der Waals surface area contributed by atoms with E-state index in [4.69, 9.17) is 4.74 Å². The zero-order valence-electron chi connectivity index (χ0n) is 12.1. The Labute approximate surface area is 119 Å². The summed E-state index contributed by atoms with van der Waals surface area (Å²) in [4.78, 5) is 10.4. The highest BCUT2D eigenvalue weighted by Gasteiger charge is 2.34. The molecule has 0 bridgehead atoms. The van der Waals surface area contributed by atoms with Crippen molar-refractivity contribution in [2.24, 2.45) is 0 Å². The van der Waals surface area contributed by atoms with Gasteiger partial charge in [-0.2, -0.15) is 0 Å². The topological polar surface area (TPSA) is 64.4 Å². The Morgan fingerprint density at radius 1 is 1.45 bits per heavy atom. The molecule has 0 saturated carbocycles. The van der Waals surface area contributed by atoms with Crippen molar-refractivity contribution in [1.82, 2.24) is 0 Å². The van der Waals surface area contributed by atoms with Gasteiger partial charge in [0.15, 0.2) is 0 Å². The van der Waals surface area contributed by atoms with E-state index in [0.717, 1.165) is 38.0 Å². The number of benzene rings is 1. The van der Waals surface area contributed by atoms with Gasteiger partial charge in [-0.3, -0.25) is 10.1 Å². The molecule has 110 valence electrons. The summed E-state index contributed by atoms with van der Waals surface area (Å²) in [6, 6.07) is 7.01. The van der Waals surface area contributed by atoms with E-state index in [2.05, 4.69) is 19.2 Å². The van der Waals surface area contributed by atoms with E-state index in [1.54, 1.807) is 12.1 Å². The van der Waals surface area contributed by atoms with Crippen LogP contribution in [0.3, 0.4) is 0 Å². The van der Waals surface area contributed by atoms with Crippen LogP contribution in [0.1, 0.15) is 39.5 Å². The molecule has 1 N–H and O–H groups in total. The van der Waals surface area contributed by atoms with Gasteiger partial charge in [0, 0.05) is 30.5 Å². The Hall–Kier alpha value is -1.62. The molecule has 5 nitrogen and oxygen atoms in total. The number of nitro benzene ring substituents is 1. The number of anilines is 1. The lowest BCUT2D eigenvalue weighted by Gasteiger charge is -2.40. The Morgan fingerprint density at radius 3 is 2.85 bits per heavy atom. The fraction of sp³-hybridized carbons (Fsp3) is 0.600. The van der Waals surface area contributed by atoms with E-state index in [0.29, 0.717) is 6.04 Å². The molecule has 0 spiro atoms. The SMILES string of the molecule is CCC1(CC)CC(Nc2cccc([N+](=O)[O-])c2)CCO1. The van der Waals surface area contributed by atoms with Crippen molar-refractivity contribution in [2.45, 2.75) is 51.2 Å². The van der Waals surface area contributed by atoms with Crippen molar-refractivity contribution in [2.75, 3.05) is 11.9 Å². The maximum absolute atomic E-state index is 10.8. The third-order valence-corrected chi connectivity index (χ3v) is 4.21. The number of nitrogens with zero attached hydrogens (tertiary/aromatic N) is 1. The molecule has 20 heavy (non-hydrogen) atoms. The van der Waals surface area contributed by atoms with E-state index >= 15 is 0 Å². The minimum atomic E-state index is -0.364. The molecule has 0 aromatic heterocycles. The molecule has 1 atom stereocenters. The summed E-state index contributed by atoms with van der Waals surface area (Å²) >= 11 is 0. The van der Waals surface area contributed by atoms with E-state index in [1.807, 2.05) is 6.07 Å². The van der Waals surface area contributed by atoms with Crippen LogP contribution in [-0.4, -0.2) is 23.2 Å². The summed E-state index contributed by atoms with van der Waals surface area (Å²) in [5, 5.41) is 14.2. The van der Waals surface area contributed by atoms with Gasteiger partial charge in [0.25, 0.3) is 5.69 Å². The van der Waals surface area contributed by atoms with Crippen LogP contribution in [0, 0.1) is 10.1 Å². The summed E-state index contributed by atoms with van der Waals surface area (Å²) in [5.74, 6) is 0. The largest absolute Gasteiger partial charge is 0.382 e. The minimum Gasteiger partial charge on any atom is -0.382 e. The molecule has 1 heterocycles. The van der Waals surface area contributed by atoms with E-state index in [-0.39, 0.29) is 16.2 Å². The molecular weight excluding hydrogens is 256 g/mol. The maximum atomic E-state index is 10.8. The first kappa shape index (κ1) is 14.8. The van der Waals surface area contributed by atoms with Crippen molar-refractivity contribution < 1.29 is 9.66 Å². The van der Waals surface area contributed by atoms with Crippen LogP contribution in [-0.2, 0) is 4.74 Å². The van der Waals surface area contributed by atoms with Gasteiger partial charge in [-0.05, 0) is 31.7 Å². The van der Waals surface area contributed by atoms with Crippen molar-refractivity contribution in [3.05, 3.63) is 34.4 Å². The molecule has 1 aliphatic rings. The fourth-order valence-corrected chi connectivity index (χ4v) is 2.84. The third-order valence-electron chi connectivity index (χ3n) is 4.21. The van der Waals surface area contributed by atoms with Gasteiger partial charge >= 0.3 is 0 Å². The number of ether oxygens (including phenoxy) is 1. The Kier molecular flexibility index (Phi) is 4.60. The molecule has 1 aliphatic heterocycles. The summed E-state index contributed by atoms with van der Waals surface area (Å²) in [6.07, 6.45) is 3.88. The number of nitro groups is 1. The first-order chi connectivity index (χ1) is 9.58. The molecule has 1 aromatic carbocycles. The summed E-state index contributed by atoms with van der Waals surface area (Å²) in [5.41, 5.74) is 0.892. The van der Waals surface area contributed by atoms with Crippen LogP contribution in [0.2, 0.25) is 0 Å². The van der Waals surface area contributed by atoms with E-state index in [1.165, 1.54) is 6.07 Å². The predicted octanol–water partition coefficient (Wildman–Crippen LogP) is 3.74. The summed E-state index contributed by atoms with van der Waals surface area (Å²) in [6.45, 7) is 5.05. The second kappa shape index (κ2) is 6.22. The molecule has 0 radical (unpaired) electrons. The highest BCUT2D eigenvalue weighted by atomic mass is 16.6. The average Bonchev–Trinajstić information content (AvgIpc) is 2.47. The lowest BCUT2D eigenvalue weighted by atomic mass is 9.86. The fourth-order valence-electron chi connectivity index (χ4n) is 2.84. The number of hydrogen-bond donors (Lipinski definition) is 1. The van der Waals surface area contributed by atoms with Gasteiger partial charge in [0.05, 0.1) is 10.5 Å². The van der Waals surface area contributed by atoms with Gasteiger partial charge in [0.2, 0.25) is 0 Å². The normalized spacial score (nSPS) is 21.4. The Morgan fingerprint density at radius 2 is 2.20 bits per heavy atom. The second-order valence-corrected chi connectivity index (χ2v) is 5.38. The van der Waals surface area contributed by atoms with Crippen LogP contribution in [0.5, 0.6) is 0 Å². The number of hydrogen-bond acceptors (Lipinski definition) is 4. The smallest absolute Gasteiger partial charge is 0.271 e. The van der Waals surface area contributed by atoms with Gasteiger partial charge in [-0.15, -0.1) is 0 Å². The van der Waals surface area contributed by atoms with E-state index in [9.17, 15) is 10.1 Å². The summed E-state index contributed by atoms with van der Waals surface area (Å²) in [7, 11) is 0. The third kappa shape index (κ3) is 3.28. The minimum absolute atomic E-state index is 0.0450. The highest BCUT2D eigenvalue weighted by Crippen LogP contribution is 2.33. The molecule has 2 rings (SSSR count). The quantitative estimate of drug-likeness (QED) is 0.658. The molecular formula is C15H22N2O3. The monoisotopic (exact) mass is 278 g/mol. The van der Waals surface area contributed by atoms with E-state index < -0.39 is 0 Å². The van der Waals surface area contributed by atoms with Crippen LogP contribution in [0.15, 0.2) is 24.3 Å². The lowest BCUT2D eigenvalue weighted by molar-refractivity contribution is -0.384. The first-order valence-corrected chi connectivity index (χ1v) is 7.23. The zero-order chi connectivity index (χ0) is 14.6. The first-order valence-electron chi connectivity index (χ1n) is 7.23. The molecule has 1 unspecified atom stereocenters. The maximum Gasteiger partial charge on any atom is 0.271 e. The molecule has 1 saturated heterocycles. The number of rotatable bonds is 5. The van der Waals surface area contributed by atoms with Crippen LogP contribution < -0.4 is 5.32 Å².